The zero-order valence-corrected chi connectivity index (χ0v) is 11.8. The molecule has 5 nitrogen and oxygen atoms in total. The van der Waals surface area contributed by atoms with Crippen LogP contribution >= 0.6 is 0 Å². The number of aliphatic imine (C=N–C) groups is 1. The van der Waals surface area contributed by atoms with E-state index in [4.69, 9.17) is 4.52 Å². The number of hydrogen-bond acceptors (Lipinski definition) is 4. The van der Waals surface area contributed by atoms with E-state index in [1.807, 2.05) is 66.7 Å². The average molecular weight is 293 g/mol. The van der Waals surface area contributed by atoms with Crippen molar-refractivity contribution in [2.45, 2.75) is 6.54 Å². The molecule has 0 atom stereocenters. The number of amidine groups is 1. The Morgan fingerprint density at radius 2 is 1.73 bits per heavy atom. The Hall–Kier alpha value is -2.92. The van der Waals surface area contributed by atoms with Crippen molar-refractivity contribution in [2.75, 3.05) is 0 Å². The van der Waals surface area contributed by atoms with Gasteiger partial charge in [-0.3, -0.25) is 15.7 Å². The van der Waals surface area contributed by atoms with E-state index in [0.717, 1.165) is 16.8 Å². The van der Waals surface area contributed by atoms with Crippen molar-refractivity contribution in [3.05, 3.63) is 78.1 Å². The summed E-state index contributed by atoms with van der Waals surface area (Å²) in [6.07, 6.45) is 0. The van der Waals surface area contributed by atoms with Gasteiger partial charge in [0.15, 0.2) is 11.6 Å². The fraction of sp³-hybridized carbons (Fsp3) is 0.0588. The van der Waals surface area contributed by atoms with Crippen LogP contribution in [0.15, 0.2) is 76.2 Å². The maximum absolute atomic E-state index is 9.21. The van der Waals surface area contributed by atoms with Crippen LogP contribution in [0.4, 0.5) is 0 Å². The number of nitrogens with zero attached hydrogens (tertiary/aromatic N) is 2. The zero-order valence-electron chi connectivity index (χ0n) is 11.8. The number of benzene rings is 2. The van der Waals surface area contributed by atoms with Crippen LogP contribution < -0.4 is 5.48 Å². The monoisotopic (exact) mass is 293 g/mol. The highest BCUT2D eigenvalue weighted by molar-refractivity contribution is 5.97. The number of rotatable bonds is 4. The predicted molar refractivity (Wildman–Crippen MR) is 83.5 cm³/mol. The van der Waals surface area contributed by atoms with Crippen LogP contribution in [0.25, 0.3) is 11.3 Å². The summed E-state index contributed by atoms with van der Waals surface area (Å²) in [5, 5.41) is 13.2. The summed E-state index contributed by atoms with van der Waals surface area (Å²) < 4.78 is 5.28. The first-order chi connectivity index (χ1) is 10.9. The molecular formula is C17H15N3O2. The Labute approximate surface area is 127 Å². The lowest BCUT2D eigenvalue weighted by atomic mass is 10.1. The van der Waals surface area contributed by atoms with Crippen LogP contribution in [0.1, 0.15) is 11.3 Å². The Balaban J connectivity index is 1.76. The summed E-state index contributed by atoms with van der Waals surface area (Å²) in [6.45, 7) is 0.289. The summed E-state index contributed by atoms with van der Waals surface area (Å²) in [6, 6.07) is 21.0. The smallest absolute Gasteiger partial charge is 0.158 e. The lowest BCUT2D eigenvalue weighted by Gasteiger charge is -2.03. The number of hydroxylamine groups is 1. The minimum absolute atomic E-state index is 0.289. The molecular weight excluding hydrogens is 278 g/mol. The molecule has 0 saturated carbocycles. The third-order valence-electron chi connectivity index (χ3n) is 3.17. The highest BCUT2D eigenvalue weighted by Gasteiger charge is 2.07. The zero-order chi connectivity index (χ0) is 15.2. The van der Waals surface area contributed by atoms with Crippen LogP contribution in [0.3, 0.4) is 0 Å². The molecule has 0 radical (unpaired) electrons. The molecule has 0 amide bonds. The second-order valence-corrected chi connectivity index (χ2v) is 4.69. The van der Waals surface area contributed by atoms with Gasteiger partial charge in [-0.15, -0.1) is 0 Å². The first-order valence-corrected chi connectivity index (χ1v) is 6.88. The Kier molecular flexibility index (Phi) is 4.27. The van der Waals surface area contributed by atoms with Crippen molar-refractivity contribution in [3.8, 4) is 11.3 Å². The maximum Gasteiger partial charge on any atom is 0.158 e. The molecule has 110 valence electrons. The van der Waals surface area contributed by atoms with Crippen molar-refractivity contribution < 1.29 is 9.73 Å². The topological polar surface area (TPSA) is 70.7 Å². The van der Waals surface area contributed by atoms with Gasteiger partial charge in [-0.05, 0) is 0 Å². The molecule has 2 aromatic carbocycles. The van der Waals surface area contributed by atoms with E-state index in [1.165, 1.54) is 0 Å². The highest BCUT2D eigenvalue weighted by Crippen LogP contribution is 2.19. The largest absolute Gasteiger partial charge is 0.359 e. The van der Waals surface area contributed by atoms with E-state index in [2.05, 4.69) is 15.6 Å². The molecule has 0 fully saturated rings. The molecule has 0 saturated heterocycles. The maximum atomic E-state index is 9.21. The molecule has 0 unspecified atom stereocenters. The average Bonchev–Trinajstić information content (AvgIpc) is 3.06. The van der Waals surface area contributed by atoms with Crippen LogP contribution in [-0.4, -0.2) is 16.2 Å². The molecule has 1 aromatic heterocycles. The lowest BCUT2D eigenvalue weighted by molar-refractivity contribution is 0.234. The van der Waals surface area contributed by atoms with Gasteiger partial charge >= 0.3 is 0 Å². The lowest BCUT2D eigenvalue weighted by Crippen LogP contribution is -2.20. The van der Waals surface area contributed by atoms with Crippen molar-refractivity contribution in [1.82, 2.24) is 10.6 Å². The SMILES string of the molecule is ONC(=NCc1cc(-c2ccccc2)no1)c1ccccc1. The minimum Gasteiger partial charge on any atom is -0.359 e. The van der Waals surface area contributed by atoms with E-state index in [-0.39, 0.29) is 6.54 Å². The van der Waals surface area contributed by atoms with Gasteiger partial charge in [0.1, 0.15) is 12.2 Å². The molecule has 2 N–H and O–H groups in total. The summed E-state index contributed by atoms with van der Waals surface area (Å²) in [4.78, 5) is 4.31. The van der Waals surface area contributed by atoms with Gasteiger partial charge < -0.3 is 4.52 Å². The van der Waals surface area contributed by atoms with Gasteiger partial charge in [0.25, 0.3) is 0 Å². The second kappa shape index (κ2) is 6.69. The van der Waals surface area contributed by atoms with Crippen LogP contribution in [0.2, 0.25) is 0 Å². The fourth-order valence-corrected chi connectivity index (χ4v) is 2.08. The van der Waals surface area contributed by atoms with E-state index >= 15 is 0 Å². The molecule has 3 aromatic rings. The third-order valence-corrected chi connectivity index (χ3v) is 3.17. The summed E-state index contributed by atoms with van der Waals surface area (Å²) in [5.41, 5.74) is 4.67. The van der Waals surface area contributed by atoms with Crippen LogP contribution in [0.5, 0.6) is 0 Å². The van der Waals surface area contributed by atoms with E-state index < -0.39 is 0 Å². The van der Waals surface area contributed by atoms with Gasteiger partial charge in [0.2, 0.25) is 0 Å². The first-order valence-electron chi connectivity index (χ1n) is 6.88. The van der Waals surface area contributed by atoms with E-state index in [9.17, 15) is 5.21 Å². The molecule has 0 aliphatic rings. The van der Waals surface area contributed by atoms with E-state index in [0.29, 0.717) is 11.6 Å². The third kappa shape index (κ3) is 3.21. The Morgan fingerprint density at radius 3 is 2.41 bits per heavy atom. The van der Waals surface area contributed by atoms with Gasteiger partial charge in [-0.1, -0.05) is 65.8 Å². The molecule has 0 bridgehead atoms. The molecule has 0 spiro atoms. The van der Waals surface area contributed by atoms with Gasteiger partial charge in [-0.25, -0.2) is 0 Å². The molecule has 5 heteroatoms. The minimum atomic E-state index is 0.289. The Bertz CT molecular complexity index is 752. The number of nitrogens with one attached hydrogen (secondary N) is 1. The first kappa shape index (κ1) is 14.0. The molecule has 0 aliphatic heterocycles. The summed E-state index contributed by atoms with van der Waals surface area (Å²) in [5.74, 6) is 1.01. The van der Waals surface area contributed by atoms with Gasteiger partial charge in [0.05, 0.1) is 0 Å². The fourth-order valence-electron chi connectivity index (χ4n) is 2.08. The highest BCUT2D eigenvalue weighted by atomic mass is 16.5. The van der Waals surface area contributed by atoms with Crippen LogP contribution in [0, 0.1) is 0 Å². The van der Waals surface area contributed by atoms with Crippen molar-refractivity contribution in [3.63, 3.8) is 0 Å². The van der Waals surface area contributed by atoms with E-state index in [1.54, 1.807) is 0 Å². The number of hydrogen-bond donors (Lipinski definition) is 2. The molecule has 3 rings (SSSR count). The van der Waals surface area contributed by atoms with Crippen molar-refractivity contribution >= 4 is 5.84 Å². The van der Waals surface area contributed by atoms with Crippen molar-refractivity contribution in [2.24, 2.45) is 4.99 Å². The Morgan fingerprint density at radius 1 is 1.05 bits per heavy atom. The molecule has 1 heterocycles. The number of aromatic nitrogens is 1. The van der Waals surface area contributed by atoms with Gasteiger partial charge in [-0.2, -0.15) is 0 Å². The van der Waals surface area contributed by atoms with Crippen LogP contribution in [-0.2, 0) is 6.54 Å². The summed E-state index contributed by atoms with van der Waals surface area (Å²) >= 11 is 0. The summed E-state index contributed by atoms with van der Waals surface area (Å²) in [7, 11) is 0. The predicted octanol–water partition coefficient (Wildman–Crippen LogP) is 3.27. The standard InChI is InChI=1S/C17H15N3O2/c21-19-17(14-9-5-2-6-10-14)18-12-15-11-16(20-22-15)13-7-3-1-4-8-13/h1-11,21H,12H2,(H,18,19). The quantitative estimate of drug-likeness (QED) is 0.440. The second-order valence-electron chi connectivity index (χ2n) is 4.69. The van der Waals surface area contributed by atoms with Gasteiger partial charge in [0, 0.05) is 17.2 Å². The molecule has 0 aliphatic carbocycles. The normalized spacial score (nSPS) is 11.4. The van der Waals surface area contributed by atoms with Crippen molar-refractivity contribution in [1.29, 1.82) is 0 Å². The molecule has 22 heavy (non-hydrogen) atoms.